The first-order valence-electron chi connectivity index (χ1n) is 6.68. The SMILES string of the molecule is Cc1cc(O)c2cc(NC(=O)c3ccccc3)c(=O)oc2c1. The Bertz CT molecular complexity index is 913. The lowest BCUT2D eigenvalue weighted by Crippen LogP contribution is -2.17. The molecule has 0 bridgehead atoms. The van der Waals surface area contributed by atoms with Crippen LogP contribution in [0.3, 0.4) is 0 Å². The highest BCUT2D eigenvalue weighted by molar-refractivity contribution is 6.04. The van der Waals surface area contributed by atoms with Gasteiger partial charge in [0.1, 0.15) is 17.0 Å². The third-order valence-electron chi connectivity index (χ3n) is 3.26. The molecule has 0 aliphatic carbocycles. The minimum absolute atomic E-state index is 0.00559. The lowest BCUT2D eigenvalue weighted by Gasteiger charge is -2.06. The molecular weight excluding hydrogens is 282 g/mol. The van der Waals surface area contributed by atoms with Crippen molar-refractivity contribution in [2.24, 2.45) is 0 Å². The van der Waals surface area contributed by atoms with E-state index in [1.54, 1.807) is 49.4 Å². The Kier molecular flexibility index (Phi) is 3.39. The average molecular weight is 295 g/mol. The highest BCUT2D eigenvalue weighted by atomic mass is 16.4. The second kappa shape index (κ2) is 5.37. The molecule has 0 fully saturated rings. The van der Waals surface area contributed by atoms with Crippen LogP contribution in [0.4, 0.5) is 5.69 Å². The summed E-state index contributed by atoms with van der Waals surface area (Å²) in [6.07, 6.45) is 0. The summed E-state index contributed by atoms with van der Waals surface area (Å²) in [7, 11) is 0. The average Bonchev–Trinajstić information content (AvgIpc) is 2.49. The van der Waals surface area contributed by atoms with Crippen LogP contribution in [-0.4, -0.2) is 11.0 Å². The number of phenols is 1. The molecule has 3 aromatic rings. The Labute approximate surface area is 125 Å². The smallest absolute Gasteiger partial charge is 0.360 e. The van der Waals surface area contributed by atoms with Crippen LogP contribution in [0.2, 0.25) is 0 Å². The molecule has 0 saturated heterocycles. The van der Waals surface area contributed by atoms with Gasteiger partial charge in [0.2, 0.25) is 0 Å². The number of fused-ring (bicyclic) bond motifs is 1. The Morgan fingerprint density at radius 1 is 1.14 bits per heavy atom. The van der Waals surface area contributed by atoms with E-state index < -0.39 is 11.5 Å². The van der Waals surface area contributed by atoms with Crippen molar-refractivity contribution < 1.29 is 14.3 Å². The van der Waals surface area contributed by atoms with Crippen molar-refractivity contribution in [3.8, 4) is 5.75 Å². The van der Waals surface area contributed by atoms with Crippen molar-refractivity contribution >= 4 is 22.6 Å². The molecule has 0 aliphatic rings. The molecule has 1 heterocycles. The first-order chi connectivity index (χ1) is 10.5. The molecule has 0 spiro atoms. The molecule has 22 heavy (non-hydrogen) atoms. The van der Waals surface area contributed by atoms with Crippen LogP contribution in [0.15, 0.2) is 57.7 Å². The number of benzene rings is 2. The van der Waals surface area contributed by atoms with Gasteiger partial charge in [0, 0.05) is 5.56 Å². The summed E-state index contributed by atoms with van der Waals surface area (Å²) in [5, 5.41) is 12.8. The van der Waals surface area contributed by atoms with Crippen LogP contribution in [0.1, 0.15) is 15.9 Å². The summed E-state index contributed by atoms with van der Waals surface area (Å²) >= 11 is 0. The Balaban J connectivity index is 2.03. The molecule has 0 unspecified atom stereocenters. The maximum Gasteiger partial charge on any atom is 0.360 e. The first kappa shape index (κ1) is 13.9. The number of hydrogen-bond acceptors (Lipinski definition) is 4. The van der Waals surface area contributed by atoms with Crippen molar-refractivity contribution in [3.05, 3.63) is 70.1 Å². The maximum absolute atomic E-state index is 12.1. The molecule has 5 heteroatoms. The van der Waals surface area contributed by atoms with Gasteiger partial charge in [0.15, 0.2) is 0 Å². The second-order valence-electron chi connectivity index (χ2n) is 4.96. The number of hydrogen-bond donors (Lipinski definition) is 2. The van der Waals surface area contributed by atoms with Crippen molar-refractivity contribution in [1.82, 2.24) is 0 Å². The summed E-state index contributed by atoms with van der Waals surface area (Å²) in [4.78, 5) is 24.0. The lowest BCUT2D eigenvalue weighted by atomic mass is 10.1. The van der Waals surface area contributed by atoms with E-state index in [1.807, 2.05) is 0 Å². The van der Waals surface area contributed by atoms with E-state index in [-0.39, 0.29) is 17.0 Å². The molecule has 1 aromatic heterocycles. The molecule has 110 valence electrons. The van der Waals surface area contributed by atoms with Gasteiger partial charge in [-0.15, -0.1) is 0 Å². The largest absolute Gasteiger partial charge is 0.507 e. The normalized spacial score (nSPS) is 10.6. The van der Waals surface area contributed by atoms with Crippen molar-refractivity contribution in [2.45, 2.75) is 6.92 Å². The maximum atomic E-state index is 12.1. The van der Waals surface area contributed by atoms with Crippen molar-refractivity contribution in [1.29, 1.82) is 0 Å². The topological polar surface area (TPSA) is 79.5 Å². The number of carbonyl (C=O) groups is 1. The number of aryl methyl sites for hydroxylation is 1. The highest BCUT2D eigenvalue weighted by Crippen LogP contribution is 2.27. The van der Waals surface area contributed by atoms with E-state index in [0.717, 1.165) is 5.56 Å². The van der Waals surface area contributed by atoms with Gasteiger partial charge in [-0.3, -0.25) is 4.79 Å². The van der Waals surface area contributed by atoms with Gasteiger partial charge in [0.05, 0.1) is 5.39 Å². The van der Waals surface area contributed by atoms with Gasteiger partial charge in [-0.2, -0.15) is 0 Å². The van der Waals surface area contributed by atoms with Crippen molar-refractivity contribution in [2.75, 3.05) is 5.32 Å². The molecular formula is C17H13NO4. The number of amides is 1. The molecule has 5 nitrogen and oxygen atoms in total. The van der Waals surface area contributed by atoms with E-state index in [0.29, 0.717) is 10.9 Å². The summed E-state index contributed by atoms with van der Waals surface area (Å²) in [6.45, 7) is 1.78. The number of carbonyl (C=O) groups excluding carboxylic acids is 1. The van der Waals surface area contributed by atoms with E-state index in [4.69, 9.17) is 4.42 Å². The fourth-order valence-corrected chi connectivity index (χ4v) is 2.20. The second-order valence-corrected chi connectivity index (χ2v) is 4.96. The zero-order chi connectivity index (χ0) is 15.7. The fraction of sp³-hybridized carbons (Fsp3) is 0.0588. The number of aromatic hydroxyl groups is 1. The number of nitrogens with one attached hydrogen (secondary N) is 1. The van der Waals surface area contributed by atoms with Crippen LogP contribution >= 0.6 is 0 Å². The van der Waals surface area contributed by atoms with E-state index in [9.17, 15) is 14.7 Å². The summed E-state index contributed by atoms with van der Waals surface area (Å²) in [5.74, 6) is -0.423. The lowest BCUT2D eigenvalue weighted by molar-refractivity contribution is 0.102. The third-order valence-corrected chi connectivity index (χ3v) is 3.26. The zero-order valence-corrected chi connectivity index (χ0v) is 11.8. The monoisotopic (exact) mass is 295 g/mol. The minimum atomic E-state index is -0.665. The highest BCUT2D eigenvalue weighted by Gasteiger charge is 2.12. The molecule has 0 aliphatic heterocycles. The van der Waals surface area contributed by atoms with Gasteiger partial charge in [-0.05, 0) is 42.8 Å². The molecule has 2 aromatic carbocycles. The van der Waals surface area contributed by atoms with Gasteiger partial charge < -0.3 is 14.8 Å². The van der Waals surface area contributed by atoms with Crippen LogP contribution in [0.5, 0.6) is 5.75 Å². The van der Waals surface area contributed by atoms with E-state index in [1.165, 1.54) is 6.07 Å². The Morgan fingerprint density at radius 2 is 1.86 bits per heavy atom. The predicted octanol–water partition coefficient (Wildman–Crippen LogP) is 3.06. The van der Waals surface area contributed by atoms with Crippen LogP contribution in [0, 0.1) is 6.92 Å². The number of phenolic OH excluding ortho intramolecular Hbond substituents is 1. The summed E-state index contributed by atoms with van der Waals surface area (Å²) in [6, 6.07) is 13.2. The molecule has 3 rings (SSSR count). The third kappa shape index (κ3) is 2.56. The molecule has 1 amide bonds. The van der Waals surface area contributed by atoms with Gasteiger partial charge in [-0.1, -0.05) is 18.2 Å². The number of anilines is 1. The van der Waals surface area contributed by atoms with Crippen LogP contribution in [-0.2, 0) is 0 Å². The zero-order valence-electron chi connectivity index (χ0n) is 11.8. The van der Waals surface area contributed by atoms with Crippen LogP contribution < -0.4 is 10.9 Å². The predicted molar refractivity (Wildman–Crippen MR) is 83.3 cm³/mol. The Hall–Kier alpha value is -3.08. The van der Waals surface area contributed by atoms with Gasteiger partial charge in [-0.25, -0.2) is 4.79 Å². The number of rotatable bonds is 2. The summed E-state index contributed by atoms with van der Waals surface area (Å²) in [5.41, 5.74) is 0.798. The van der Waals surface area contributed by atoms with Crippen molar-refractivity contribution in [3.63, 3.8) is 0 Å². The Morgan fingerprint density at radius 3 is 2.59 bits per heavy atom. The van der Waals surface area contributed by atoms with Gasteiger partial charge in [0.25, 0.3) is 5.91 Å². The minimum Gasteiger partial charge on any atom is -0.507 e. The quantitative estimate of drug-likeness (QED) is 0.712. The molecule has 0 atom stereocenters. The first-order valence-corrected chi connectivity index (χ1v) is 6.68. The summed E-state index contributed by atoms with van der Waals surface area (Å²) < 4.78 is 5.16. The molecule has 0 radical (unpaired) electrons. The van der Waals surface area contributed by atoms with Gasteiger partial charge >= 0.3 is 5.63 Å². The molecule has 0 saturated carbocycles. The van der Waals surface area contributed by atoms with E-state index >= 15 is 0 Å². The standard InChI is InChI=1S/C17H13NO4/c1-10-7-14(19)12-9-13(17(21)22-15(12)8-10)18-16(20)11-5-3-2-4-6-11/h2-9,19H,1H3,(H,18,20). The fourth-order valence-electron chi connectivity index (χ4n) is 2.20. The van der Waals surface area contributed by atoms with E-state index in [2.05, 4.69) is 5.32 Å². The van der Waals surface area contributed by atoms with Crippen LogP contribution in [0.25, 0.3) is 11.0 Å². The molecule has 2 N–H and O–H groups in total.